The zero-order chi connectivity index (χ0) is 17.7. The second-order valence-electron chi connectivity index (χ2n) is 7.95. The van der Waals surface area contributed by atoms with Crippen LogP contribution in [0.3, 0.4) is 0 Å². The van der Waals surface area contributed by atoms with E-state index in [1.54, 1.807) is 0 Å². The van der Waals surface area contributed by atoms with E-state index in [1.807, 2.05) is 0 Å². The number of rotatable bonds is 8. The summed E-state index contributed by atoms with van der Waals surface area (Å²) < 4.78 is 0. The van der Waals surface area contributed by atoms with Gasteiger partial charge in [0.25, 0.3) is 0 Å². The number of aryl methyl sites for hydroxylation is 1. The van der Waals surface area contributed by atoms with Crippen LogP contribution >= 0.6 is 0 Å². The molecule has 0 N–H and O–H groups in total. The van der Waals surface area contributed by atoms with Crippen LogP contribution in [0.4, 0.5) is 11.5 Å². The quantitative estimate of drug-likeness (QED) is 0.662. The van der Waals surface area contributed by atoms with E-state index in [0.717, 1.165) is 11.5 Å². The molecule has 1 heterocycles. The van der Waals surface area contributed by atoms with Crippen molar-refractivity contribution in [1.82, 2.24) is 4.98 Å². The summed E-state index contributed by atoms with van der Waals surface area (Å²) in [5, 5.41) is 0. The molecule has 3 heteroatoms. The minimum atomic E-state index is 0.505. The molecular formula is C20H37N3. The first kappa shape index (κ1) is 19.8. The van der Waals surface area contributed by atoms with E-state index < -0.39 is 0 Å². The number of hydrogen-bond donors (Lipinski definition) is 0. The highest BCUT2D eigenvalue weighted by atomic mass is 15.2. The average molecular weight is 320 g/mol. The van der Waals surface area contributed by atoms with Crippen molar-refractivity contribution in [2.24, 2.45) is 11.8 Å². The largest absolute Gasteiger partial charge is 0.370 e. The van der Waals surface area contributed by atoms with E-state index in [4.69, 9.17) is 4.98 Å². The van der Waals surface area contributed by atoms with Gasteiger partial charge >= 0.3 is 0 Å². The van der Waals surface area contributed by atoms with E-state index in [2.05, 4.69) is 84.5 Å². The van der Waals surface area contributed by atoms with Gasteiger partial charge in [-0.2, -0.15) is 0 Å². The van der Waals surface area contributed by atoms with Crippen molar-refractivity contribution in [2.75, 3.05) is 23.9 Å². The molecule has 0 aromatic carbocycles. The maximum absolute atomic E-state index is 4.87. The third-order valence-corrected chi connectivity index (χ3v) is 4.73. The zero-order valence-corrected chi connectivity index (χ0v) is 16.7. The van der Waals surface area contributed by atoms with Crippen LogP contribution in [0.25, 0.3) is 0 Å². The molecule has 0 fully saturated rings. The second-order valence-corrected chi connectivity index (χ2v) is 7.95. The highest BCUT2D eigenvalue weighted by Crippen LogP contribution is 2.25. The first-order valence-electron chi connectivity index (χ1n) is 9.06. The summed E-state index contributed by atoms with van der Waals surface area (Å²) in [6, 6.07) is 5.43. The van der Waals surface area contributed by atoms with Crippen molar-refractivity contribution in [3.8, 4) is 0 Å². The third-order valence-electron chi connectivity index (χ3n) is 4.73. The Balaban J connectivity index is 2.89. The van der Waals surface area contributed by atoms with Gasteiger partial charge in [0.15, 0.2) is 0 Å². The number of pyridine rings is 1. The molecule has 0 saturated carbocycles. The van der Waals surface area contributed by atoms with E-state index in [-0.39, 0.29) is 0 Å². The summed E-state index contributed by atoms with van der Waals surface area (Å²) >= 11 is 0. The van der Waals surface area contributed by atoms with Crippen LogP contribution in [0.1, 0.15) is 60.1 Å². The molecule has 2 atom stereocenters. The van der Waals surface area contributed by atoms with Crippen LogP contribution in [0.2, 0.25) is 0 Å². The summed E-state index contributed by atoms with van der Waals surface area (Å²) in [6.45, 7) is 15.8. The van der Waals surface area contributed by atoms with Crippen molar-refractivity contribution in [3.05, 3.63) is 17.8 Å². The van der Waals surface area contributed by atoms with E-state index >= 15 is 0 Å². The molecule has 0 saturated heterocycles. The molecule has 0 aliphatic heterocycles. The number of nitrogens with zero attached hydrogens (tertiary/aromatic N) is 3. The van der Waals surface area contributed by atoms with Crippen molar-refractivity contribution >= 4 is 11.5 Å². The summed E-state index contributed by atoms with van der Waals surface area (Å²) in [7, 11) is 4.33. The van der Waals surface area contributed by atoms with Crippen LogP contribution < -0.4 is 9.80 Å². The highest BCUT2D eigenvalue weighted by Gasteiger charge is 2.17. The Labute approximate surface area is 144 Å². The lowest BCUT2D eigenvalue weighted by Crippen LogP contribution is -2.32. The van der Waals surface area contributed by atoms with Crippen molar-refractivity contribution in [2.45, 2.75) is 73.4 Å². The van der Waals surface area contributed by atoms with Gasteiger partial charge in [0.05, 0.1) is 11.4 Å². The Morgan fingerprint density at radius 2 is 1.30 bits per heavy atom. The fourth-order valence-corrected chi connectivity index (χ4v) is 3.25. The SMILES string of the molecule is Cc1nc(N(C)C(C)CC(C)C)ccc1N(C)C(C)CC(C)C. The molecule has 2 unspecified atom stereocenters. The van der Waals surface area contributed by atoms with Gasteiger partial charge in [0, 0.05) is 26.2 Å². The summed E-state index contributed by atoms with van der Waals surface area (Å²) in [5.41, 5.74) is 2.36. The lowest BCUT2D eigenvalue weighted by molar-refractivity contribution is 0.500. The minimum Gasteiger partial charge on any atom is -0.370 e. The normalized spacial score (nSPS) is 14.2. The van der Waals surface area contributed by atoms with Crippen LogP contribution in [-0.2, 0) is 0 Å². The van der Waals surface area contributed by atoms with Crippen LogP contribution in [0, 0.1) is 18.8 Å². The molecule has 0 amide bonds. The van der Waals surface area contributed by atoms with Crippen molar-refractivity contribution in [1.29, 1.82) is 0 Å². The van der Waals surface area contributed by atoms with Gasteiger partial charge in [-0.05, 0) is 57.6 Å². The Morgan fingerprint density at radius 1 is 0.826 bits per heavy atom. The lowest BCUT2D eigenvalue weighted by Gasteiger charge is -2.31. The van der Waals surface area contributed by atoms with E-state index in [1.165, 1.54) is 18.5 Å². The highest BCUT2D eigenvalue weighted by molar-refractivity contribution is 5.55. The first-order chi connectivity index (χ1) is 10.6. The third kappa shape index (κ3) is 5.71. The Hall–Kier alpha value is -1.25. The molecule has 3 nitrogen and oxygen atoms in total. The van der Waals surface area contributed by atoms with Crippen LogP contribution in [0.5, 0.6) is 0 Å². The number of hydrogen-bond acceptors (Lipinski definition) is 3. The number of anilines is 2. The predicted molar refractivity (Wildman–Crippen MR) is 104 cm³/mol. The molecule has 1 rings (SSSR count). The molecule has 0 radical (unpaired) electrons. The minimum absolute atomic E-state index is 0.505. The molecular weight excluding hydrogens is 282 g/mol. The van der Waals surface area contributed by atoms with E-state index in [9.17, 15) is 0 Å². The maximum Gasteiger partial charge on any atom is 0.128 e. The van der Waals surface area contributed by atoms with Gasteiger partial charge < -0.3 is 9.80 Å². The molecule has 0 aliphatic rings. The smallest absolute Gasteiger partial charge is 0.128 e. The topological polar surface area (TPSA) is 19.4 Å². The Morgan fingerprint density at radius 3 is 1.74 bits per heavy atom. The zero-order valence-electron chi connectivity index (χ0n) is 16.7. The van der Waals surface area contributed by atoms with Gasteiger partial charge in [0.1, 0.15) is 5.82 Å². The molecule has 0 bridgehead atoms. The second kappa shape index (κ2) is 8.56. The van der Waals surface area contributed by atoms with E-state index in [0.29, 0.717) is 23.9 Å². The molecule has 132 valence electrons. The maximum atomic E-state index is 4.87. The van der Waals surface area contributed by atoms with Gasteiger partial charge in [-0.1, -0.05) is 27.7 Å². The summed E-state index contributed by atoms with van der Waals surface area (Å²) in [5.74, 6) is 2.49. The molecule has 0 spiro atoms. The summed E-state index contributed by atoms with van der Waals surface area (Å²) in [4.78, 5) is 9.53. The fraction of sp³-hybridized carbons (Fsp3) is 0.750. The summed E-state index contributed by atoms with van der Waals surface area (Å²) in [6.07, 6.45) is 2.38. The van der Waals surface area contributed by atoms with Crippen molar-refractivity contribution < 1.29 is 0 Å². The Bertz CT molecular complexity index is 482. The fourth-order valence-electron chi connectivity index (χ4n) is 3.25. The molecule has 1 aromatic heterocycles. The van der Waals surface area contributed by atoms with Gasteiger partial charge in [-0.15, -0.1) is 0 Å². The molecule has 0 aliphatic carbocycles. The predicted octanol–water partition coefficient (Wildman–Crippen LogP) is 5.13. The van der Waals surface area contributed by atoms with Gasteiger partial charge in [-0.3, -0.25) is 0 Å². The monoisotopic (exact) mass is 319 g/mol. The van der Waals surface area contributed by atoms with Crippen LogP contribution in [-0.4, -0.2) is 31.2 Å². The molecule has 1 aromatic rings. The lowest BCUT2D eigenvalue weighted by atomic mass is 10.0. The van der Waals surface area contributed by atoms with Gasteiger partial charge in [0.2, 0.25) is 0 Å². The van der Waals surface area contributed by atoms with Crippen LogP contribution in [0.15, 0.2) is 12.1 Å². The standard InChI is InChI=1S/C20H37N3/c1-14(2)12-16(5)22(8)19-10-11-20(21-18(19)7)23(9)17(6)13-15(3)4/h10-11,14-17H,12-13H2,1-9H3. The van der Waals surface area contributed by atoms with Crippen molar-refractivity contribution in [3.63, 3.8) is 0 Å². The first-order valence-corrected chi connectivity index (χ1v) is 9.06. The molecule has 23 heavy (non-hydrogen) atoms. The Kier molecular flexibility index (Phi) is 7.37. The average Bonchev–Trinajstić information content (AvgIpc) is 2.44. The number of aromatic nitrogens is 1. The van der Waals surface area contributed by atoms with Gasteiger partial charge in [-0.25, -0.2) is 4.98 Å².